The highest BCUT2D eigenvalue weighted by Gasteiger charge is 2.12. The van der Waals surface area contributed by atoms with E-state index < -0.39 is 11.6 Å². The maximum Gasteiger partial charge on any atom is 0.126 e. The van der Waals surface area contributed by atoms with Crippen LogP contribution in [0.25, 0.3) is 0 Å². The Hall–Kier alpha value is -1.74. The quantitative estimate of drug-likeness (QED) is 0.868. The van der Waals surface area contributed by atoms with Crippen LogP contribution in [-0.2, 0) is 12.8 Å². The molecule has 0 aromatic heterocycles. The second kappa shape index (κ2) is 6.62. The molecule has 1 N–H and O–H groups in total. The Labute approximate surface area is 118 Å². The molecular weight excluding hydrogens is 256 g/mol. The van der Waals surface area contributed by atoms with Crippen molar-refractivity contribution in [3.8, 4) is 0 Å². The van der Waals surface area contributed by atoms with Gasteiger partial charge >= 0.3 is 0 Å². The number of hydrogen-bond acceptors (Lipinski definition) is 1. The third kappa shape index (κ3) is 3.64. The minimum Gasteiger partial charge on any atom is -0.313 e. The van der Waals surface area contributed by atoms with Crippen molar-refractivity contribution >= 4 is 0 Å². The number of hydrogen-bond donors (Lipinski definition) is 1. The summed E-state index contributed by atoms with van der Waals surface area (Å²) in [5.41, 5.74) is 3.05. The van der Waals surface area contributed by atoms with E-state index in [0.29, 0.717) is 12.0 Å². The molecule has 2 rings (SSSR count). The van der Waals surface area contributed by atoms with Gasteiger partial charge in [0, 0.05) is 12.1 Å². The summed E-state index contributed by atoms with van der Waals surface area (Å²) < 4.78 is 26.5. The number of likely N-dealkylation sites (N-methyl/N-ethyl adjacent to an activating group) is 1. The van der Waals surface area contributed by atoms with E-state index in [4.69, 9.17) is 0 Å². The molecule has 1 nitrogen and oxygen atoms in total. The molecule has 0 bridgehead atoms. The summed E-state index contributed by atoms with van der Waals surface area (Å²) in [5.74, 6) is -1.06. The molecule has 0 radical (unpaired) electrons. The molecule has 20 heavy (non-hydrogen) atoms. The Balaban J connectivity index is 2.23. The monoisotopic (exact) mass is 275 g/mol. The van der Waals surface area contributed by atoms with Crippen LogP contribution < -0.4 is 5.32 Å². The van der Waals surface area contributed by atoms with Crippen molar-refractivity contribution in [2.45, 2.75) is 25.8 Å². The van der Waals surface area contributed by atoms with Crippen LogP contribution >= 0.6 is 0 Å². The van der Waals surface area contributed by atoms with E-state index in [1.807, 2.05) is 19.2 Å². The van der Waals surface area contributed by atoms with Gasteiger partial charge in [-0.3, -0.25) is 0 Å². The van der Waals surface area contributed by atoms with Gasteiger partial charge in [-0.05, 0) is 48.7 Å². The summed E-state index contributed by atoms with van der Waals surface area (Å²) in [4.78, 5) is 0. The van der Waals surface area contributed by atoms with E-state index in [1.54, 1.807) is 0 Å². The molecule has 0 saturated heterocycles. The van der Waals surface area contributed by atoms with E-state index in [-0.39, 0.29) is 6.04 Å². The van der Waals surface area contributed by atoms with E-state index in [1.165, 1.54) is 17.7 Å². The lowest BCUT2D eigenvalue weighted by Crippen LogP contribution is -2.19. The summed E-state index contributed by atoms with van der Waals surface area (Å²) in [6.07, 6.45) is 1.53. The predicted molar refractivity (Wildman–Crippen MR) is 77.7 cm³/mol. The first kappa shape index (κ1) is 14.7. The Kier molecular flexibility index (Phi) is 4.85. The van der Waals surface area contributed by atoms with Crippen LogP contribution in [0.2, 0.25) is 0 Å². The molecular formula is C17H19F2N. The second-order valence-electron chi connectivity index (χ2n) is 4.92. The molecule has 0 fully saturated rings. The lowest BCUT2D eigenvalue weighted by molar-refractivity contribution is 0.562. The van der Waals surface area contributed by atoms with Gasteiger partial charge in [-0.15, -0.1) is 0 Å². The number of rotatable bonds is 5. The van der Waals surface area contributed by atoms with Gasteiger partial charge in [0.2, 0.25) is 0 Å². The fourth-order valence-electron chi connectivity index (χ4n) is 2.38. The van der Waals surface area contributed by atoms with Crippen molar-refractivity contribution in [2.24, 2.45) is 0 Å². The summed E-state index contributed by atoms with van der Waals surface area (Å²) >= 11 is 0. The molecule has 0 heterocycles. The van der Waals surface area contributed by atoms with Crippen molar-refractivity contribution < 1.29 is 8.78 Å². The minimum absolute atomic E-state index is 0.0442. The first-order valence-electron chi connectivity index (χ1n) is 6.83. The molecule has 0 aliphatic rings. The molecule has 1 atom stereocenters. The fraction of sp³-hybridized carbons (Fsp3) is 0.294. The third-order valence-electron chi connectivity index (χ3n) is 3.47. The van der Waals surface area contributed by atoms with Crippen molar-refractivity contribution in [3.05, 3.63) is 70.8 Å². The first-order chi connectivity index (χ1) is 9.62. The Morgan fingerprint density at radius 1 is 1.00 bits per heavy atom. The summed E-state index contributed by atoms with van der Waals surface area (Å²) in [6.45, 7) is 2.11. The van der Waals surface area contributed by atoms with Crippen molar-refractivity contribution in [1.29, 1.82) is 0 Å². The van der Waals surface area contributed by atoms with Gasteiger partial charge in [-0.25, -0.2) is 8.78 Å². The van der Waals surface area contributed by atoms with Gasteiger partial charge in [0.25, 0.3) is 0 Å². The largest absolute Gasteiger partial charge is 0.313 e. The van der Waals surface area contributed by atoms with Gasteiger partial charge in [0.05, 0.1) is 0 Å². The zero-order chi connectivity index (χ0) is 14.5. The zero-order valence-electron chi connectivity index (χ0n) is 11.8. The first-order valence-corrected chi connectivity index (χ1v) is 6.83. The Morgan fingerprint density at radius 2 is 1.70 bits per heavy atom. The van der Waals surface area contributed by atoms with Crippen LogP contribution in [0.15, 0.2) is 42.5 Å². The molecule has 2 aromatic carbocycles. The topological polar surface area (TPSA) is 12.0 Å². The number of nitrogens with one attached hydrogen (secondary N) is 1. The average molecular weight is 275 g/mol. The molecule has 0 aliphatic carbocycles. The maximum atomic E-state index is 13.2. The van der Waals surface area contributed by atoms with Gasteiger partial charge < -0.3 is 5.32 Å². The molecule has 0 spiro atoms. The van der Waals surface area contributed by atoms with Gasteiger partial charge in [-0.1, -0.05) is 31.2 Å². The van der Waals surface area contributed by atoms with Crippen LogP contribution in [0.1, 0.15) is 29.7 Å². The van der Waals surface area contributed by atoms with Crippen LogP contribution in [0, 0.1) is 11.6 Å². The molecule has 1 unspecified atom stereocenters. The van der Waals surface area contributed by atoms with Crippen molar-refractivity contribution in [3.63, 3.8) is 0 Å². The molecule has 0 amide bonds. The molecule has 0 aliphatic heterocycles. The molecule has 106 valence electrons. The fourth-order valence-corrected chi connectivity index (χ4v) is 2.38. The summed E-state index contributed by atoms with van der Waals surface area (Å²) in [7, 11) is 1.86. The predicted octanol–water partition coefficient (Wildman–Crippen LogP) is 4.03. The minimum atomic E-state index is -0.530. The lowest BCUT2D eigenvalue weighted by atomic mass is 9.97. The lowest BCUT2D eigenvalue weighted by Gasteiger charge is -2.18. The SMILES string of the molecule is CCc1cccc(C(Cc2cc(F)cc(F)c2)NC)c1. The molecule has 3 heteroatoms. The van der Waals surface area contributed by atoms with Crippen molar-refractivity contribution in [2.75, 3.05) is 7.05 Å². The van der Waals surface area contributed by atoms with Crippen LogP contribution in [0.5, 0.6) is 0 Å². The van der Waals surface area contributed by atoms with Crippen LogP contribution in [0.3, 0.4) is 0 Å². The van der Waals surface area contributed by atoms with E-state index in [0.717, 1.165) is 18.1 Å². The number of benzene rings is 2. The molecule has 2 aromatic rings. The zero-order valence-corrected chi connectivity index (χ0v) is 11.8. The van der Waals surface area contributed by atoms with Gasteiger partial charge in [-0.2, -0.15) is 0 Å². The normalized spacial score (nSPS) is 12.4. The van der Waals surface area contributed by atoms with Gasteiger partial charge in [0.1, 0.15) is 11.6 Å². The van der Waals surface area contributed by atoms with Crippen LogP contribution in [-0.4, -0.2) is 7.05 Å². The van der Waals surface area contributed by atoms with E-state index in [2.05, 4.69) is 24.4 Å². The molecule has 0 saturated carbocycles. The second-order valence-corrected chi connectivity index (χ2v) is 4.92. The third-order valence-corrected chi connectivity index (χ3v) is 3.47. The smallest absolute Gasteiger partial charge is 0.126 e. The van der Waals surface area contributed by atoms with Crippen LogP contribution in [0.4, 0.5) is 8.78 Å². The highest BCUT2D eigenvalue weighted by atomic mass is 19.1. The number of aryl methyl sites for hydroxylation is 1. The Morgan fingerprint density at radius 3 is 2.30 bits per heavy atom. The Bertz CT molecular complexity index is 561. The van der Waals surface area contributed by atoms with E-state index >= 15 is 0 Å². The standard InChI is InChI=1S/C17H19F2N/c1-3-12-5-4-6-14(7-12)17(20-2)10-13-8-15(18)11-16(19)9-13/h4-9,11,17,20H,3,10H2,1-2H3. The summed E-state index contributed by atoms with van der Waals surface area (Å²) in [6, 6.07) is 12.0. The highest BCUT2D eigenvalue weighted by molar-refractivity contribution is 5.28. The average Bonchev–Trinajstić information content (AvgIpc) is 2.44. The van der Waals surface area contributed by atoms with E-state index in [9.17, 15) is 8.78 Å². The van der Waals surface area contributed by atoms with Crippen molar-refractivity contribution in [1.82, 2.24) is 5.32 Å². The number of halogens is 2. The summed E-state index contributed by atoms with van der Waals surface area (Å²) in [5, 5.41) is 3.21. The highest BCUT2D eigenvalue weighted by Crippen LogP contribution is 2.20. The van der Waals surface area contributed by atoms with Gasteiger partial charge in [0.15, 0.2) is 0 Å². The maximum absolute atomic E-state index is 13.2.